The van der Waals surface area contributed by atoms with Gasteiger partial charge in [0.05, 0.1) is 11.3 Å². The lowest BCUT2D eigenvalue weighted by molar-refractivity contribution is -0.136. The fraction of sp³-hybridized carbons (Fsp3) is 0.667. The number of piperidine rings is 1. The van der Waals surface area contributed by atoms with Crippen molar-refractivity contribution in [2.75, 3.05) is 26.2 Å². The van der Waals surface area contributed by atoms with Gasteiger partial charge >= 0.3 is 12.1 Å². The Kier molecular flexibility index (Phi) is 3.80. The van der Waals surface area contributed by atoms with Gasteiger partial charge in [-0.25, -0.2) is 9.59 Å². The highest BCUT2D eigenvalue weighted by Crippen LogP contribution is 2.35. The molecule has 0 saturated carbocycles. The lowest BCUT2D eigenvalue weighted by atomic mass is 9.84. The lowest BCUT2D eigenvalue weighted by Crippen LogP contribution is -2.39. The Morgan fingerprint density at radius 1 is 1.23 bits per heavy atom. The van der Waals surface area contributed by atoms with Crippen LogP contribution in [0.25, 0.3) is 0 Å². The van der Waals surface area contributed by atoms with Gasteiger partial charge in [0.1, 0.15) is 6.61 Å². The minimum atomic E-state index is -0.870. The minimum absolute atomic E-state index is 0.0401. The molecule has 2 saturated heterocycles. The van der Waals surface area contributed by atoms with E-state index in [-0.39, 0.29) is 24.4 Å². The van der Waals surface area contributed by atoms with Crippen molar-refractivity contribution in [2.24, 2.45) is 11.8 Å². The molecule has 0 bridgehead atoms. The molecule has 1 atom stereocenters. The van der Waals surface area contributed by atoms with Crippen molar-refractivity contribution < 1.29 is 24.2 Å². The summed E-state index contributed by atoms with van der Waals surface area (Å²) in [7, 11) is 0. The Bertz CT molecular complexity index is 548. The zero-order valence-corrected chi connectivity index (χ0v) is 12.6. The molecule has 0 spiro atoms. The Labute approximate surface area is 128 Å². The molecular formula is C15H20N2O5. The second-order valence-corrected chi connectivity index (χ2v) is 6.22. The highest BCUT2D eigenvalue weighted by Gasteiger charge is 2.40. The monoisotopic (exact) mass is 308 g/mol. The van der Waals surface area contributed by atoms with Gasteiger partial charge in [-0.05, 0) is 31.6 Å². The Morgan fingerprint density at radius 3 is 2.45 bits per heavy atom. The first-order chi connectivity index (χ1) is 10.5. The lowest BCUT2D eigenvalue weighted by Gasteiger charge is -2.33. The smallest absolute Gasteiger partial charge is 0.407 e. The van der Waals surface area contributed by atoms with Crippen LogP contribution in [-0.4, -0.2) is 59.1 Å². The summed E-state index contributed by atoms with van der Waals surface area (Å²) in [6.45, 7) is 3.55. The molecule has 1 unspecified atom stereocenters. The first-order valence-electron chi connectivity index (χ1n) is 7.62. The summed E-state index contributed by atoms with van der Waals surface area (Å²) < 4.78 is 4.98. The van der Waals surface area contributed by atoms with Gasteiger partial charge in [0.25, 0.3) is 0 Å². The molecule has 0 aromatic rings. The predicted molar refractivity (Wildman–Crippen MR) is 75.8 cm³/mol. The standard InChI is InChI=1S/C15H20N2O5/c1-9-12(8-22-14(9)19)17-7-11(6-13(17)18)10-2-4-16(5-3-10)15(20)21/h10-11H,2-8H2,1H3,(H,20,21). The molecule has 3 aliphatic heterocycles. The van der Waals surface area contributed by atoms with E-state index in [1.807, 2.05) is 0 Å². The molecule has 7 heteroatoms. The van der Waals surface area contributed by atoms with Gasteiger partial charge in [-0.15, -0.1) is 0 Å². The number of nitrogens with zero attached hydrogens (tertiary/aromatic N) is 2. The van der Waals surface area contributed by atoms with Gasteiger partial charge in [0.15, 0.2) is 0 Å². The number of carbonyl (C=O) groups excluding carboxylic acids is 2. The molecule has 0 aromatic heterocycles. The quantitative estimate of drug-likeness (QED) is 0.771. The predicted octanol–water partition coefficient (Wildman–Crippen LogP) is 1.06. The summed E-state index contributed by atoms with van der Waals surface area (Å²) in [5.41, 5.74) is 1.22. The summed E-state index contributed by atoms with van der Waals surface area (Å²) in [6.07, 6.45) is 1.20. The van der Waals surface area contributed by atoms with Crippen LogP contribution in [0.2, 0.25) is 0 Å². The Hall–Kier alpha value is -2.05. The van der Waals surface area contributed by atoms with Crippen LogP contribution in [0.3, 0.4) is 0 Å². The molecule has 1 N–H and O–H groups in total. The molecule has 3 rings (SSSR count). The molecule has 2 amide bonds. The topological polar surface area (TPSA) is 87.2 Å². The zero-order valence-electron chi connectivity index (χ0n) is 12.6. The van der Waals surface area contributed by atoms with Crippen molar-refractivity contribution in [3.8, 4) is 0 Å². The first kappa shape index (κ1) is 14.9. The van der Waals surface area contributed by atoms with Crippen molar-refractivity contribution >= 4 is 18.0 Å². The number of carbonyl (C=O) groups is 3. The van der Waals surface area contributed by atoms with Crippen molar-refractivity contribution in [1.29, 1.82) is 0 Å². The number of rotatable bonds is 2. The van der Waals surface area contributed by atoms with Crippen LogP contribution in [0.4, 0.5) is 4.79 Å². The molecule has 120 valence electrons. The van der Waals surface area contributed by atoms with Crippen molar-refractivity contribution in [3.63, 3.8) is 0 Å². The molecule has 0 radical (unpaired) electrons. The van der Waals surface area contributed by atoms with Gasteiger partial charge in [-0.3, -0.25) is 4.79 Å². The number of cyclic esters (lactones) is 1. The van der Waals surface area contributed by atoms with E-state index in [1.54, 1.807) is 11.8 Å². The van der Waals surface area contributed by atoms with Crippen molar-refractivity contribution in [3.05, 3.63) is 11.3 Å². The fourth-order valence-corrected chi connectivity index (χ4v) is 3.62. The average Bonchev–Trinajstić information content (AvgIpc) is 3.03. The SMILES string of the molecule is CC1=C(N2CC(C3CCN(C(=O)O)CC3)CC2=O)COC1=O. The van der Waals surface area contributed by atoms with Gasteiger partial charge in [0.2, 0.25) is 5.91 Å². The highest BCUT2D eigenvalue weighted by atomic mass is 16.5. The van der Waals surface area contributed by atoms with Gasteiger partial charge in [-0.2, -0.15) is 0 Å². The third-order valence-electron chi connectivity index (χ3n) is 5.04. The van der Waals surface area contributed by atoms with E-state index in [1.165, 1.54) is 4.90 Å². The van der Waals surface area contributed by atoms with Crippen LogP contribution < -0.4 is 0 Å². The van der Waals surface area contributed by atoms with Crippen LogP contribution >= 0.6 is 0 Å². The molecule has 22 heavy (non-hydrogen) atoms. The number of carboxylic acid groups (broad SMARTS) is 1. The third-order valence-corrected chi connectivity index (χ3v) is 5.04. The molecule has 3 heterocycles. The number of esters is 1. The maximum atomic E-state index is 12.3. The molecule has 0 aliphatic carbocycles. The normalized spacial score (nSPS) is 26.9. The number of amides is 2. The zero-order chi connectivity index (χ0) is 15.9. The van der Waals surface area contributed by atoms with Crippen molar-refractivity contribution in [1.82, 2.24) is 9.80 Å². The van der Waals surface area contributed by atoms with E-state index in [0.717, 1.165) is 12.8 Å². The minimum Gasteiger partial charge on any atom is -0.465 e. The molecule has 2 fully saturated rings. The van der Waals surface area contributed by atoms with E-state index >= 15 is 0 Å². The van der Waals surface area contributed by atoms with E-state index < -0.39 is 6.09 Å². The molecule has 3 aliphatic rings. The Balaban J connectivity index is 1.63. The highest BCUT2D eigenvalue weighted by molar-refractivity contribution is 5.93. The number of hydrogen-bond acceptors (Lipinski definition) is 4. The largest absolute Gasteiger partial charge is 0.465 e. The van der Waals surface area contributed by atoms with Crippen LogP contribution in [-0.2, 0) is 14.3 Å². The van der Waals surface area contributed by atoms with Crippen LogP contribution in [0.5, 0.6) is 0 Å². The number of ether oxygens (including phenoxy) is 1. The molecule has 0 aromatic carbocycles. The van der Waals surface area contributed by atoms with E-state index in [4.69, 9.17) is 9.84 Å². The second-order valence-electron chi connectivity index (χ2n) is 6.22. The van der Waals surface area contributed by atoms with Gasteiger partial charge in [0, 0.05) is 26.1 Å². The van der Waals surface area contributed by atoms with Crippen LogP contribution in [0.15, 0.2) is 11.3 Å². The summed E-state index contributed by atoms with van der Waals surface area (Å²) in [5.74, 6) is 0.294. The van der Waals surface area contributed by atoms with Crippen molar-refractivity contribution in [2.45, 2.75) is 26.2 Å². The second kappa shape index (κ2) is 5.62. The summed E-state index contributed by atoms with van der Waals surface area (Å²) in [6, 6.07) is 0. The fourth-order valence-electron chi connectivity index (χ4n) is 3.62. The maximum absolute atomic E-state index is 12.3. The van der Waals surface area contributed by atoms with Gasteiger partial charge in [-0.1, -0.05) is 0 Å². The van der Waals surface area contributed by atoms with E-state index in [9.17, 15) is 14.4 Å². The number of hydrogen-bond donors (Lipinski definition) is 1. The summed E-state index contributed by atoms with van der Waals surface area (Å²) >= 11 is 0. The summed E-state index contributed by atoms with van der Waals surface area (Å²) in [4.78, 5) is 37.8. The van der Waals surface area contributed by atoms with Crippen LogP contribution in [0.1, 0.15) is 26.2 Å². The summed E-state index contributed by atoms with van der Waals surface area (Å²) in [5, 5.41) is 8.98. The van der Waals surface area contributed by atoms with Crippen LogP contribution in [0, 0.1) is 11.8 Å². The molecular weight excluding hydrogens is 288 g/mol. The number of likely N-dealkylation sites (tertiary alicyclic amines) is 2. The molecule has 7 nitrogen and oxygen atoms in total. The van der Waals surface area contributed by atoms with E-state index in [2.05, 4.69) is 0 Å². The first-order valence-corrected chi connectivity index (χ1v) is 7.62. The van der Waals surface area contributed by atoms with E-state index in [0.29, 0.717) is 43.2 Å². The Morgan fingerprint density at radius 2 is 1.91 bits per heavy atom. The van der Waals surface area contributed by atoms with Gasteiger partial charge < -0.3 is 19.6 Å². The maximum Gasteiger partial charge on any atom is 0.407 e. The third kappa shape index (κ3) is 2.55. The average molecular weight is 308 g/mol.